The van der Waals surface area contributed by atoms with Crippen LogP contribution in [-0.4, -0.2) is 19.0 Å². The molecule has 4 heteroatoms. The van der Waals surface area contributed by atoms with E-state index in [4.69, 9.17) is 11.5 Å². The quantitative estimate of drug-likeness (QED) is 0.615. The molecule has 1 rings (SSSR count). The lowest BCUT2D eigenvalue weighted by molar-refractivity contribution is 0.100. The Labute approximate surface area is 76.9 Å². The first-order valence-corrected chi connectivity index (χ1v) is 4.08. The molecule has 1 amide bonds. The van der Waals surface area contributed by atoms with Gasteiger partial charge >= 0.3 is 0 Å². The third-order valence-electron chi connectivity index (χ3n) is 1.64. The Morgan fingerprint density at radius 1 is 1.31 bits per heavy atom. The molecular weight excluding hydrogens is 166 g/mol. The number of benzene rings is 1. The Balaban J connectivity index is 2.64. The summed E-state index contributed by atoms with van der Waals surface area (Å²) in [7, 11) is 0. The Kier molecular flexibility index (Phi) is 3.28. The molecule has 0 fully saturated rings. The number of carbonyl (C=O) groups excluding carboxylic acids is 1. The number of nitrogens with one attached hydrogen (secondary N) is 1. The predicted molar refractivity (Wildman–Crippen MR) is 52.5 cm³/mol. The van der Waals surface area contributed by atoms with E-state index in [-0.39, 0.29) is 0 Å². The molecule has 0 aliphatic carbocycles. The summed E-state index contributed by atoms with van der Waals surface area (Å²) in [6.45, 7) is 1.30. The fourth-order valence-corrected chi connectivity index (χ4v) is 0.969. The number of nitrogens with two attached hydrogens (primary N) is 2. The summed E-state index contributed by atoms with van der Waals surface area (Å²) >= 11 is 0. The van der Waals surface area contributed by atoms with Crippen molar-refractivity contribution in [3.63, 3.8) is 0 Å². The highest BCUT2D eigenvalue weighted by molar-refractivity contribution is 5.93. The zero-order chi connectivity index (χ0) is 9.68. The standard InChI is InChI=1S/C9H13N3O/c10-5-6-12-8-3-1-7(2-4-8)9(11)13/h1-4,12H,5-6,10H2,(H2,11,13). The van der Waals surface area contributed by atoms with Crippen LogP contribution in [0.3, 0.4) is 0 Å². The average molecular weight is 179 g/mol. The second kappa shape index (κ2) is 4.47. The summed E-state index contributed by atoms with van der Waals surface area (Å²) < 4.78 is 0. The van der Waals surface area contributed by atoms with E-state index in [0.29, 0.717) is 12.1 Å². The molecule has 4 nitrogen and oxygen atoms in total. The molecule has 0 atom stereocenters. The number of hydrogen-bond donors (Lipinski definition) is 3. The summed E-state index contributed by atoms with van der Waals surface area (Å²) in [5, 5.41) is 3.08. The molecule has 0 aliphatic heterocycles. The van der Waals surface area contributed by atoms with Gasteiger partial charge in [0.1, 0.15) is 0 Å². The number of carbonyl (C=O) groups is 1. The van der Waals surface area contributed by atoms with Gasteiger partial charge in [-0.05, 0) is 24.3 Å². The first-order valence-electron chi connectivity index (χ1n) is 4.08. The van der Waals surface area contributed by atoms with Crippen molar-refractivity contribution in [2.45, 2.75) is 0 Å². The lowest BCUT2D eigenvalue weighted by Gasteiger charge is -2.04. The average Bonchev–Trinajstić information content (AvgIpc) is 2.15. The normalized spacial score (nSPS) is 9.62. The molecule has 0 saturated heterocycles. The zero-order valence-corrected chi connectivity index (χ0v) is 7.29. The minimum Gasteiger partial charge on any atom is -0.384 e. The van der Waals surface area contributed by atoms with Crippen molar-refractivity contribution in [3.8, 4) is 0 Å². The van der Waals surface area contributed by atoms with Gasteiger partial charge in [0.05, 0.1) is 0 Å². The van der Waals surface area contributed by atoms with E-state index in [1.165, 1.54) is 0 Å². The largest absolute Gasteiger partial charge is 0.384 e. The molecule has 0 bridgehead atoms. The van der Waals surface area contributed by atoms with Gasteiger partial charge < -0.3 is 16.8 Å². The van der Waals surface area contributed by atoms with E-state index in [1.54, 1.807) is 24.3 Å². The summed E-state index contributed by atoms with van der Waals surface area (Å²) in [5.41, 5.74) is 11.9. The van der Waals surface area contributed by atoms with Crippen LogP contribution in [0.15, 0.2) is 24.3 Å². The van der Waals surface area contributed by atoms with Gasteiger partial charge in [0.15, 0.2) is 0 Å². The Hall–Kier alpha value is -1.55. The maximum absolute atomic E-state index is 10.7. The summed E-state index contributed by atoms with van der Waals surface area (Å²) in [4.78, 5) is 10.7. The Morgan fingerprint density at radius 3 is 2.38 bits per heavy atom. The molecule has 0 radical (unpaired) electrons. The van der Waals surface area contributed by atoms with Crippen LogP contribution in [0.4, 0.5) is 5.69 Å². The van der Waals surface area contributed by atoms with Gasteiger partial charge in [0.2, 0.25) is 5.91 Å². The highest BCUT2D eigenvalue weighted by Gasteiger charge is 1.98. The minimum absolute atomic E-state index is 0.412. The first-order chi connectivity index (χ1) is 6.24. The zero-order valence-electron chi connectivity index (χ0n) is 7.29. The van der Waals surface area contributed by atoms with Crippen molar-refractivity contribution < 1.29 is 4.79 Å². The van der Waals surface area contributed by atoms with Crippen molar-refractivity contribution in [1.82, 2.24) is 0 Å². The van der Waals surface area contributed by atoms with Gasteiger partial charge in [-0.1, -0.05) is 0 Å². The van der Waals surface area contributed by atoms with Crippen molar-refractivity contribution >= 4 is 11.6 Å². The molecule has 70 valence electrons. The van der Waals surface area contributed by atoms with Gasteiger partial charge in [-0.2, -0.15) is 0 Å². The first kappa shape index (κ1) is 9.54. The molecule has 0 aromatic heterocycles. The smallest absolute Gasteiger partial charge is 0.248 e. The van der Waals surface area contributed by atoms with Gasteiger partial charge in [-0.25, -0.2) is 0 Å². The molecule has 0 heterocycles. The second-order valence-electron chi connectivity index (χ2n) is 2.66. The number of amides is 1. The maximum atomic E-state index is 10.7. The topological polar surface area (TPSA) is 81.1 Å². The minimum atomic E-state index is -0.412. The maximum Gasteiger partial charge on any atom is 0.248 e. The number of primary amides is 1. The number of hydrogen-bond acceptors (Lipinski definition) is 3. The van der Waals surface area contributed by atoms with Crippen LogP contribution in [-0.2, 0) is 0 Å². The highest BCUT2D eigenvalue weighted by atomic mass is 16.1. The van der Waals surface area contributed by atoms with E-state index in [0.717, 1.165) is 12.2 Å². The van der Waals surface area contributed by atoms with Crippen LogP contribution >= 0.6 is 0 Å². The van der Waals surface area contributed by atoms with Crippen LogP contribution in [0.25, 0.3) is 0 Å². The fraction of sp³-hybridized carbons (Fsp3) is 0.222. The van der Waals surface area contributed by atoms with Crippen molar-refractivity contribution in [3.05, 3.63) is 29.8 Å². The molecule has 1 aromatic rings. The number of rotatable bonds is 4. The second-order valence-corrected chi connectivity index (χ2v) is 2.66. The van der Waals surface area contributed by atoms with Crippen LogP contribution < -0.4 is 16.8 Å². The van der Waals surface area contributed by atoms with E-state index in [9.17, 15) is 4.79 Å². The summed E-state index contributed by atoms with van der Waals surface area (Å²) in [5.74, 6) is -0.412. The molecule has 5 N–H and O–H groups in total. The molecule has 0 aliphatic rings. The molecular formula is C9H13N3O. The lowest BCUT2D eigenvalue weighted by Crippen LogP contribution is -2.14. The van der Waals surface area contributed by atoms with Gasteiger partial charge in [-0.15, -0.1) is 0 Å². The predicted octanol–water partition coefficient (Wildman–Crippen LogP) is 0.156. The third kappa shape index (κ3) is 2.76. The van der Waals surface area contributed by atoms with Gasteiger partial charge in [0.25, 0.3) is 0 Å². The van der Waals surface area contributed by atoms with Crippen LogP contribution in [0.1, 0.15) is 10.4 Å². The summed E-state index contributed by atoms with van der Waals surface area (Å²) in [6, 6.07) is 6.97. The van der Waals surface area contributed by atoms with E-state index >= 15 is 0 Å². The molecule has 0 saturated carbocycles. The van der Waals surface area contributed by atoms with E-state index in [1.807, 2.05) is 0 Å². The summed E-state index contributed by atoms with van der Waals surface area (Å²) in [6.07, 6.45) is 0. The Bertz CT molecular complexity index is 281. The molecule has 13 heavy (non-hydrogen) atoms. The van der Waals surface area contributed by atoms with Crippen LogP contribution in [0.5, 0.6) is 0 Å². The Morgan fingerprint density at radius 2 is 1.92 bits per heavy atom. The van der Waals surface area contributed by atoms with Crippen molar-refractivity contribution in [1.29, 1.82) is 0 Å². The fourth-order valence-electron chi connectivity index (χ4n) is 0.969. The van der Waals surface area contributed by atoms with Crippen molar-refractivity contribution in [2.24, 2.45) is 11.5 Å². The highest BCUT2D eigenvalue weighted by Crippen LogP contribution is 2.08. The number of anilines is 1. The van der Waals surface area contributed by atoms with Gasteiger partial charge in [0, 0.05) is 24.3 Å². The van der Waals surface area contributed by atoms with E-state index < -0.39 is 5.91 Å². The third-order valence-corrected chi connectivity index (χ3v) is 1.64. The lowest BCUT2D eigenvalue weighted by atomic mass is 10.2. The van der Waals surface area contributed by atoms with Crippen LogP contribution in [0, 0.1) is 0 Å². The van der Waals surface area contributed by atoms with Gasteiger partial charge in [-0.3, -0.25) is 4.79 Å². The molecule has 0 unspecified atom stereocenters. The molecule has 0 spiro atoms. The monoisotopic (exact) mass is 179 g/mol. The van der Waals surface area contributed by atoms with Crippen molar-refractivity contribution in [2.75, 3.05) is 18.4 Å². The van der Waals surface area contributed by atoms with Crippen LogP contribution in [0.2, 0.25) is 0 Å². The van der Waals surface area contributed by atoms with E-state index in [2.05, 4.69) is 5.32 Å². The molecule has 1 aromatic carbocycles. The SMILES string of the molecule is NCCNc1ccc(C(N)=O)cc1.